The van der Waals surface area contributed by atoms with Crippen molar-refractivity contribution in [2.45, 2.75) is 63.5 Å². The molecule has 8 heterocycles. The number of carboxylic acid groups (broad SMARTS) is 2. The number of aromatic amines is 2. The van der Waals surface area contributed by atoms with Crippen molar-refractivity contribution in [2.24, 2.45) is 35.5 Å². The SMILES string of the molecule is O=C(O)C1C2CCC(CC2)C1Nc1nc(-c2c[nH]c3ncc(F)cc23)nc2[nH]c(-n3cc(-c4nc(NC5C6CCC(CC6)C5C(=O)O)c5c(ccn5-c5ccccc5)n4)c4cc(F)cnc43)cc12. The molecular weight excluding hydrogens is 871 g/mol. The Hall–Kier alpha value is -7.76. The monoisotopic (exact) mass is 914 g/mol. The molecule has 0 amide bonds. The number of para-hydroxylation sites is 1. The highest BCUT2D eigenvalue weighted by Gasteiger charge is 2.49. The van der Waals surface area contributed by atoms with Crippen LogP contribution in [0.5, 0.6) is 0 Å². The van der Waals surface area contributed by atoms with Crippen molar-refractivity contribution >= 4 is 67.7 Å². The van der Waals surface area contributed by atoms with E-state index >= 15 is 4.39 Å². The number of H-pyrrole nitrogens is 2. The lowest BCUT2D eigenvalue weighted by atomic mass is 9.61. The molecule has 0 spiro atoms. The number of pyridine rings is 2. The number of fused-ring (bicyclic) bond motifs is 10. The van der Waals surface area contributed by atoms with Crippen LogP contribution in [0.25, 0.3) is 78.4 Å². The number of halogens is 2. The molecule has 0 saturated heterocycles. The van der Waals surface area contributed by atoms with Gasteiger partial charge in [-0.2, -0.15) is 0 Å². The van der Waals surface area contributed by atoms with Gasteiger partial charge in [0.25, 0.3) is 0 Å². The summed E-state index contributed by atoms with van der Waals surface area (Å²) in [7, 11) is 0. The minimum absolute atomic E-state index is 0.0397. The molecule has 18 heteroatoms. The van der Waals surface area contributed by atoms with Gasteiger partial charge < -0.3 is 35.4 Å². The lowest BCUT2D eigenvalue weighted by Gasteiger charge is -2.47. The van der Waals surface area contributed by atoms with Crippen LogP contribution in [0.2, 0.25) is 0 Å². The largest absolute Gasteiger partial charge is 0.481 e. The van der Waals surface area contributed by atoms with E-state index in [1.54, 1.807) is 17.0 Å². The third kappa shape index (κ3) is 6.43. The number of nitrogens with one attached hydrogen (secondary N) is 4. The van der Waals surface area contributed by atoms with Crippen LogP contribution < -0.4 is 10.6 Å². The van der Waals surface area contributed by atoms with E-state index in [2.05, 4.69) is 30.6 Å². The quantitative estimate of drug-likeness (QED) is 0.0757. The van der Waals surface area contributed by atoms with Gasteiger partial charge in [-0.15, -0.1) is 0 Å². The van der Waals surface area contributed by atoms with Crippen LogP contribution in [0.1, 0.15) is 51.4 Å². The third-order valence-corrected chi connectivity index (χ3v) is 15.5. The van der Waals surface area contributed by atoms with Crippen molar-refractivity contribution in [3.63, 3.8) is 0 Å². The van der Waals surface area contributed by atoms with Crippen LogP contribution in [0.15, 0.2) is 85.6 Å². The predicted molar refractivity (Wildman–Crippen MR) is 249 cm³/mol. The van der Waals surface area contributed by atoms with Gasteiger partial charge in [-0.05, 0) is 111 Å². The van der Waals surface area contributed by atoms with E-state index in [9.17, 15) is 24.2 Å². The van der Waals surface area contributed by atoms with Gasteiger partial charge in [-0.3, -0.25) is 14.2 Å². The van der Waals surface area contributed by atoms with E-state index in [-0.39, 0.29) is 41.4 Å². The number of benzene rings is 1. The maximum absolute atomic E-state index is 15.4. The molecule has 6 aliphatic rings. The Morgan fingerprint density at radius 1 is 0.647 bits per heavy atom. The zero-order chi connectivity index (χ0) is 45.9. The standard InChI is InChI=1S/C50H44F2N12O4/c51-27-16-30-33(21-54-42(30)53-19-27)45-60-43-32(44(61-45)58-39-25-10-6-23(7-11-25)37(39)49(65)66)18-36(57-43)64-22-34(31-17-28(52)20-55-48(31)64)46-56-35-14-15-63(29-4-2-1-3-5-29)41(35)47(62-46)59-40-26-12-8-24(9-13-26)38(40)50(67)68/h1-5,14-26,37-40H,6-13H2,(H,53,54)(H,65,66)(H,67,68)(H,56,59,62)(H2,57,58,60,61). The van der Waals surface area contributed by atoms with E-state index < -0.39 is 41.5 Å². The average Bonchev–Trinajstić information content (AvgIpc) is 4.16. The normalized spacial score (nSPS) is 24.4. The van der Waals surface area contributed by atoms with Gasteiger partial charge in [-0.1, -0.05) is 18.2 Å². The summed E-state index contributed by atoms with van der Waals surface area (Å²) in [6.07, 6.45) is 14.8. The molecule has 6 saturated carbocycles. The molecule has 0 radical (unpaired) electrons. The van der Waals surface area contributed by atoms with Crippen LogP contribution in [-0.2, 0) is 9.59 Å². The molecule has 6 aliphatic carbocycles. The molecule has 15 rings (SSSR count). The zero-order valence-corrected chi connectivity index (χ0v) is 36.4. The van der Waals surface area contributed by atoms with Gasteiger partial charge in [0.05, 0.1) is 35.1 Å². The number of carbonyl (C=O) groups is 2. The summed E-state index contributed by atoms with van der Waals surface area (Å²) in [6, 6.07) is 15.6. The first kappa shape index (κ1) is 40.5. The van der Waals surface area contributed by atoms with Crippen LogP contribution in [0.4, 0.5) is 20.4 Å². The topological polar surface area (TPSA) is 217 Å². The number of aliphatic carboxylic acids is 2. The lowest BCUT2D eigenvalue weighted by Crippen LogP contribution is -2.51. The number of carboxylic acids is 2. The molecule has 68 heavy (non-hydrogen) atoms. The van der Waals surface area contributed by atoms with Gasteiger partial charge in [-0.25, -0.2) is 38.7 Å². The molecular formula is C50H44F2N12O4. The first-order valence-corrected chi connectivity index (χ1v) is 23.3. The molecule has 6 fully saturated rings. The maximum Gasteiger partial charge on any atom is 0.308 e. The lowest BCUT2D eigenvalue weighted by molar-refractivity contribution is -0.149. The molecule has 4 unspecified atom stereocenters. The molecule has 4 bridgehead atoms. The highest BCUT2D eigenvalue weighted by molar-refractivity contribution is 5.99. The molecule has 1 aromatic carbocycles. The Morgan fingerprint density at radius 3 is 1.96 bits per heavy atom. The number of hydrogen-bond donors (Lipinski definition) is 6. The molecule has 0 aliphatic heterocycles. The summed E-state index contributed by atoms with van der Waals surface area (Å²) in [5.74, 6) is -1.65. The summed E-state index contributed by atoms with van der Waals surface area (Å²) < 4.78 is 33.8. The molecule has 9 aromatic rings. The number of rotatable bonds is 10. The molecule has 342 valence electrons. The Bertz CT molecular complexity index is 3500. The van der Waals surface area contributed by atoms with Crippen LogP contribution in [-0.4, -0.2) is 83.2 Å². The van der Waals surface area contributed by atoms with E-state index in [1.807, 2.05) is 53.2 Å². The van der Waals surface area contributed by atoms with Gasteiger partial charge >= 0.3 is 11.9 Å². The highest BCUT2D eigenvalue weighted by Crippen LogP contribution is 2.49. The number of hydrogen-bond acceptors (Lipinski definition) is 10. The van der Waals surface area contributed by atoms with Gasteiger partial charge in [0.15, 0.2) is 17.5 Å². The van der Waals surface area contributed by atoms with Crippen molar-refractivity contribution in [3.8, 4) is 34.3 Å². The first-order valence-electron chi connectivity index (χ1n) is 23.3. The fourth-order valence-electron chi connectivity index (χ4n) is 12.4. The van der Waals surface area contributed by atoms with Crippen molar-refractivity contribution in [1.29, 1.82) is 0 Å². The van der Waals surface area contributed by atoms with Crippen molar-refractivity contribution in [1.82, 2.24) is 49.0 Å². The Kier molecular flexibility index (Phi) is 9.17. The molecule has 4 atom stereocenters. The maximum atomic E-state index is 15.4. The third-order valence-electron chi connectivity index (χ3n) is 15.5. The summed E-state index contributed by atoms with van der Waals surface area (Å²) in [5.41, 5.74) is 4.41. The number of anilines is 2. The molecule has 6 N–H and O–H groups in total. The van der Waals surface area contributed by atoms with E-state index in [4.69, 9.17) is 19.9 Å². The second-order valence-corrected chi connectivity index (χ2v) is 19.1. The Balaban J connectivity index is 0.974. The zero-order valence-electron chi connectivity index (χ0n) is 36.4. The van der Waals surface area contributed by atoms with Crippen LogP contribution in [0.3, 0.4) is 0 Å². The van der Waals surface area contributed by atoms with Crippen LogP contribution >= 0.6 is 0 Å². The second kappa shape index (κ2) is 15.4. The molecule has 16 nitrogen and oxygen atoms in total. The predicted octanol–water partition coefficient (Wildman–Crippen LogP) is 9.12. The van der Waals surface area contributed by atoms with Gasteiger partial charge in [0, 0.05) is 58.3 Å². The van der Waals surface area contributed by atoms with Gasteiger partial charge in [0.2, 0.25) is 0 Å². The Morgan fingerprint density at radius 2 is 1.26 bits per heavy atom. The molecule has 8 aromatic heterocycles. The summed E-state index contributed by atoms with van der Waals surface area (Å²) in [4.78, 5) is 61.3. The van der Waals surface area contributed by atoms with E-state index in [1.165, 1.54) is 12.1 Å². The number of nitrogens with zero attached hydrogens (tertiary/aromatic N) is 8. The van der Waals surface area contributed by atoms with Crippen molar-refractivity contribution in [2.75, 3.05) is 10.6 Å². The summed E-state index contributed by atoms with van der Waals surface area (Å²) in [5, 5.41) is 29.8. The smallest absolute Gasteiger partial charge is 0.308 e. The second-order valence-electron chi connectivity index (χ2n) is 19.1. The summed E-state index contributed by atoms with van der Waals surface area (Å²) >= 11 is 0. The first-order chi connectivity index (χ1) is 33.1. The van der Waals surface area contributed by atoms with Crippen molar-refractivity contribution in [3.05, 3.63) is 97.2 Å². The van der Waals surface area contributed by atoms with E-state index in [0.717, 1.165) is 69.4 Å². The highest BCUT2D eigenvalue weighted by atomic mass is 19.1. The fraction of sp³-hybridized carbons (Fsp3) is 0.320. The van der Waals surface area contributed by atoms with Crippen LogP contribution in [0, 0.1) is 47.1 Å². The average molecular weight is 915 g/mol. The summed E-state index contributed by atoms with van der Waals surface area (Å²) in [6.45, 7) is 0. The minimum Gasteiger partial charge on any atom is -0.481 e. The number of aromatic nitrogens is 10. The minimum atomic E-state index is -0.844. The van der Waals surface area contributed by atoms with Gasteiger partial charge in [0.1, 0.15) is 45.7 Å². The van der Waals surface area contributed by atoms with E-state index in [0.29, 0.717) is 72.7 Å². The fourth-order valence-corrected chi connectivity index (χ4v) is 12.4. The van der Waals surface area contributed by atoms with Crippen molar-refractivity contribution < 1.29 is 28.6 Å². The Labute approximate surface area is 385 Å².